The van der Waals surface area contributed by atoms with Gasteiger partial charge in [-0.15, -0.1) is 0 Å². The predicted molar refractivity (Wildman–Crippen MR) is 106 cm³/mol. The maximum Gasteiger partial charge on any atom is 0.319 e. The van der Waals surface area contributed by atoms with Gasteiger partial charge in [-0.3, -0.25) is 9.78 Å². The Labute approximate surface area is 167 Å². The van der Waals surface area contributed by atoms with Gasteiger partial charge in [0.25, 0.3) is 0 Å². The number of ether oxygens (including phenoxy) is 1. The van der Waals surface area contributed by atoms with Crippen LogP contribution in [0.25, 0.3) is 0 Å². The molecule has 0 fully saturated rings. The zero-order valence-electron chi connectivity index (χ0n) is 15.6. The minimum absolute atomic E-state index is 0.210. The van der Waals surface area contributed by atoms with Crippen LogP contribution in [-0.4, -0.2) is 21.8 Å². The van der Waals surface area contributed by atoms with E-state index in [1.807, 2.05) is 48.5 Å². The number of nitrogens with zero attached hydrogens (tertiary/aromatic N) is 2. The average Bonchev–Trinajstić information content (AvgIpc) is 2.74. The molecule has 2 N–H and O–H groups in total. The minimum atomic E-state index is -0.641. The molecule has 0 saturated carbocycles. The molecule has 4 rings (SSSR count). The molecule has 0 radical (unpaired) electrons. The molecule has 144 valence electrons. The van der Waals surface area contributed by atoms with Gasteiger partial charge in [-0.1, -0.05) is 30.3 Å². The number of hydrogen-bond acceptors (Lipinski definition) is 5. The largest absolute Gasteiger partial charge is 0.457 e. The summed E-state index contributed by atoms with van der Waals surface area (Å²) in [6.07, 6.45) is 4.37. The second-order valence-corrected chi connectivity index (χ2v) is 6.48. The summed E-state index contributed by atoms with van der Waals surface area (Å²) in [5.74, 6) is 0.995. The summed E-state index contributed by atoms with van der Waals surface area (Å²) in [4.78, 5) is 33.3. The number of Topliss-reactive ketones (excluding diaryl/α,β-unsaturated/α-hetero) is 1. The van der Waals surface area contributed by atoms with Crippen LogP contribution >= 0.6 is 0 Å². The summed E-state index contributed by atoms with van der Waals surface area (Å²) >= 11 is 0. The first-order valence-electron chi connectivity index (χ1n) is 9.03. The molecule has 0 aliphatic carbocycles. The molecule has 3 aromatic rings. The van der Waals surface area contributed by atoms with E-state index in [2.05, 4.69) is 20.6 Å². The van der Waals surface area contributed by atoms with E-state index in [1.165, 1.54) is 18.6 Å². The zero-order chi connectivity index (χ0) is 20.2. The topological polar surface area (TPSA) is 93.2 Å². The molecule has 0 saturated heterocycles. The number of aromatic nitrogens is 2. The van der Waals surface area contributed by atoms with E-state index in [4.69, 9.17) is 4.74 Å². The summed E-state index contributed by atoms with van der Waals surface area (Å²) in [5.41, 5.74) is 1.81. The lowest BCUT2D eigenvalue weighted by Crippen LogP contribution is -2.45. The van der Waals surface area contributed by atoms with Gasteiger partial charge in [-0.2, -0.15) is 0 Å². The predicted octanol–water partition coefficient (Wildman–Crippen LogP) is 3.78. The highest BCUT2D eigenvalue weighted by Crippen LogP contribution is 2.31. The number of allylic oxidation sites excluding steroid dienone is 1. The average molecular weight is 386 g/mol. The van der Waals surface area contributed by atoms with E-state index in [1.54, 1.807) is 13.0 Å². The van der Waals surface area contributed by atoms with Gasteiger partial charge in [0, 0.05) is 23.7 Å². The van der Waals surface area contributed by atoms with Crippen LogP contribution in [0.15, 0.2) is 84.5 Å². The van der Waals surface area contributed by atoms with Crippen LogP contribution in [0.3, 0.4) is 0 Å². The Kier molecular flexibility index (Phi) is 5.03. The number of urea groups is 1. The molecule has 7 nitrogen and oxygen atoms in total. The van der Waals surface area contributed by atoms with E-state index in [-0.39, 0.29) is 17.5 Å². The van der Waals surface area contributed by atoms with Gasteiger partial charge >= 0.3 is 6.03 Å². The standard InChI is InChI=1S/C22H18N4O3/c1-14-19(21(27)18-13-23-10-11-24-18)20(26-22(28)25-14)15-6-5-9-17(12-15)29-16-7-3-2-4-8-16/h2-13,20H,1H3,(H2,25,26,28). The van der Waals surface area contributed by atoms with Gasteiger partial charge in [-0.05, 0) is 36.8 Å². The van der Waals surface area contributed by atoms with Crippen LogP contribution < -0.4 is 15.4 Å². The van der Waals surface area contributed by atoms with Crippen LogP contribution in [0.1, 0.15) is 29.0 Å². The summed E-state index contributed by atoms with van der Waals surface area (Å²) in [6, 6.07) is 15.7. The van der Waals surface area contributed by atoms with Crippen LogP contribution in [0, 0.1) is 0 Å². The van der Waals surface area contributed by atoms with Crippen LogP contribution in [0.4, 0.5) is 4.79 Å². The summed E-state index contributed by atoms with van der Waals surface area (Å²) in [6.45, 7) is 1.69. The molecule has 0 spiro atoms. The number of amides is 2. The number of benzene rings is 2. The van der Waals surface area contributed by atoms with Gasteiger partial charge in [0.2, 0.25) is 5.78 Å². The number of nitrogens with one attached hydrogen (secondary N) is 2. The zero-order valence-corrected chi connectivity index (χ0v) is 15.6. The SMILES string of the molecule is CC1=C(C(=O)c2cnccn2)C(c2cccc(Oc3ccccc3)c2)NC(=O)N1. The van der Waals surface area contributed by atoms with Gasteiger partial charge < -0.3 is 15.4 Å². The maximum absolute atomic E-state index is 13.1. The Morgan fingerprint density at radius 1 is 1.03 bits per heavy atom. The number of carbonyl (C=O) groups excluding carboxylic acids is 2. The van der Waals surface area contributed by atoms with Crippen molar-refractivity contribution in [2.24, 2.45) is 0 Å². The van der Waals surface area contributed by atoms with E-state index < -0.39 is 6.04 Å². The Morgan fingerprint density at radius 2 is 1.83 bits per heavy atom. The van der Waals surface area contributed by atoms with Crippen molar-refractivity contribution in [3.05, 3.63) is 95.7 Å². The number of ketones is 1. The lowest BCUT2D eigenvalue weighted by Gasteiger charge is -2.28. The van der Waals surface area contributed by atoms with Crippen molar-refractivity contribution in [2.45, 2.75) is 13.0 Å². The molecule has 0 bridgehead atoms. The van der Waals surface area contributed by atoms with Gasteiger partial charge in [-0.25, -0.2) is 9.78 Å². The van der Waals surface area contributed by atoms with Crippen molar-refractivity contribution in [3.8, 4) is 11.5 Å². The lowest BCUT2D eigenvalue weighted by atomic mass is 9.91. The first kappa shape index (κ1) is 18.4. The second-order valence-electron chi connectivity index (χ2n) is 6.48. The Bertz CT molecular complexity index is 1080. The molecule has 1 aliphatic heterocycles. The monoisotopic (exact) mass is 386 g/mol. The quantitative estimate of drug-likeness (QED) is 0.651. The minimum Gasteiger partial charge on any atom is -0.457 e. The molecule has 1 atom stereocenters. The highest BCUT2D eigenvalue weighted by Gasteiger charge is 2.32. The van der Waals surface area contributed by atoms with Crippen LogP contribution in [-0.2, 0) is 0 Å². The van der Waals surface area contributed by atoms with E-state index in [0.29, 0.717) is 22.8 Å². The molecule has 1 aromatic heterocycles. The molecule has 2 aromatic carbocycles. The first-order valence-corrected chi connectivity index (χ1v) is 9.03. The third-order valence-corrected chi connectivity index (χ3v) is 4.48. The number of para-hydroxylation sites is 1. The molecular formula is C22H18N4O3. The summed E-state index contributed by atoms with van der Waals surface area (Å²) in [5, 5.41) is 5.49. The highest BCUT2D eigenvalue weighted by atomic mass is 16.5. The van der Waals surface area contributed by atoms with E-state index in [9.17, 15) is 9.59 Å². The third kappa shape index (κ3) is 3.98. The molecule has 2 amide bonds. The first-order chi connectivity index (χ1) is 14.1. The molecule has 7 heteroatoms. The van der Waals surface area contributed by atoms with Crippen LogP contribution in [0.5, 0.6) is 11.5 Å². The normalized spacial score (nSPS) is 16.0. The highest BCUT2D eigenvalue weighted by molar-refractivity contribution is 6.09. The Balaban J connectivity index is 1.70. The van der Waals surface area contributed by atoms with Crippen molar-refractivity contribution in [3.63, 3.8) is 0 Å². The fourth-order valence-electron chi connectivity index (χ4n) is 3.18. The van der Waals surface area contributed by atoms with Gasteiger partial charge in [0.05, 0.1) is 12.2 Å². The molecule has 2 heterocycles. The van der Waals surface area contributed by atoms with Crippen molar-refractivity contribution in [1.82, 2.24) is 20.6 Å². The van der Waals surface area contributed by atoms with Gasteiger partial charge in [0.15, 0.2) is 0 Å². The smallest absolute Gasteiger partial charge is 0.319 e. The molecular weight excluding hydrogens is 368 g/mol. The van der Waals surface area contributed by atoms with Gasteiger partial charge in [0.1, 0.15) is 17.2 Å². The maximum atomic E-state index is 13.1. The van der Waals surface area contributed by atoms with Crippen molar-refractivity contribution < 1.29 is 14.3 Å². The van der Waals surface area contributed by atoms with Crippen LogP contribution in [0.2, 0.25) is 0 Å². The fraction of sp³-hybridized carbons (Fsp3) is 0.0909. The van der Waals surface area contributed by atoms with Crippen molar-refractivity contribution >= 4 is 11.8 Å². The second kappa shape index (κ2) is 7.93. The van der Waals surface area contributed by atoms with Crippen molar-refractivity contribution in [1.29, 1.82) is 0 Å². The fourth-order valence-corrected chi connectivity index (χ4v) is 3.18. The third-order valence-electron chi connectivity index (χ3n) is 4.48. The molecule has 1 aliphatic rings. The van der Waals surface area contributed by atoms with Crippen molar-refractivity contribution in [2.75, 3.05) is 0 Å². The van der Waals surface area contributed by atoms with E-state index in [0.717, 1.165) is 5.56 Å². The lowest BCUT2D eigenvalue weighted by molar-refractivity contribution is 0.101. The van der Waals surface area contributed by atoms with E-state index >= 15 is 0 Å². The Hall–Kier alpha value is -4.00. The molecule has 1 unspecified atom stereocenters. The number of rotatable bonds is 5. The summed E-state index contributed by atoms with van der Waals surface area (Å²) < 4.78 is 5.89. The summed E-state index contributed by atoms with van der Waals surface area (Å²) in [7, 11) is 0. The molecule has 29 heavy (non-hydrogen) atoms. The Morgan fingerprint density at radius 3 is 2.59 bits per heavy atom. The number of hydrogen-bond donors (Lipinski definition) is 2. The number of carbonyl (C=O) groups is 2.